The van der Waals surface area contributed by atoms with Crippen molar-refractivity contribution in [3.05, 3.63) is 169 Å². The number of fused-ring (bicyclic) bond motifs is 4. The molecule has 0 bridgehead atoms. The zero-order chi connectivity index (χ0) is 36.3. The summed E-state index contributed by atoms with van der Waals surface area (Å²) in [6, 6.07) is 55.9. The number of benzene rings is 6. The molecule has 0 saturated heterocycles. The van der Waals surface area contributed by atoms with Gasteiger partial charge in [-0.2, -0.15) is 0 Å². The summed E-state index contributed by atoms with van der Waals surface area (Å²) in [7, 11) is -2.17. The van der Waals surface area contributed by atoms with Crippen molar-refractivity contribution < 1.29 is 0 Å². The van der Waals surface area contributed by atoms with Gasteiger partial charge < -0.3 is 9.80 Å². The standard InChI is InChI=1S/C48H44N4Si/c1-33(2)39-18-7-8-19-40(39)35-27-28-49-48(29-35)52-44-22-11-9-20-41(44)42-26-25-38(31-47(42)52)53(4,5)37-17-14-16-36(30-37)50-32-51(43-21-10-6-15-34(43)3)46-24-13-12-23-45(46)50/h6-31,33H,32H2,1-5H3. The molecule has 6 aromatic carbocycles. The summed E-state index contributed by atoms with van der Waals surface area (Å²) in [5.41, 5.74) is 12.4. The van der Waals surface area contributed by atoms with Crippen LogP contribution in [0.25, 0.3) is 38.8 Å². The van der Waals surface area contributed by atoms with Gasteiger partial charge in [-0.25, -0.2) is 4.98 Å². The first-order valence-corrected chi connectivity index (χ1v) is 21.7. The number of aromatic nitrogens is 2. The van der Waals surface area contributed by atoms with Crippen LogP contribution >= 0.6 is 0 Å². The molecular formula is C48H44N4Si. The van der Waals surface area contributed by atoms with E-state index < -0.39 is 8.07 Å². The Bertz CT molecular complexity index is 2650. The number of para-hydroxylation sites is 4. The van der Waals surface area contributed by atoms with Crippen molar-refractivity contribution in [3.8, 4) is 16.9 Å². The van der Waals surface area contributed by atoms with Gasteiger partial charge in [0.1, 0.15) is 20.6 Å². The van der Waals surface area contributed by atoms with Crippen LogP contribution < -0.4 is 20.2 Å². The van der Waals surface area contributed by atoms with Gasteiger partial charge in [0.25, 0.3) is 0 Å². The van der Waals surface area contributed by atoms with Crippen LogP contribution in [0.1, 0.15) is 30.9 Å². The Kier molecular flexibility index (Phi) is 8.05. The molecule has 9 rings (SSSR count). The van der Waals surface area contributed by atoms with Crippen LogP contribution in [0.5, 0.6) is 0 Å². The number of hydrogen-bond acceptors (Lipinski definition) is 3. The number of rotatable bonds is 7. The summed E-state index contributed by atoms with van der Waals surface area (Å²) >= 11 is 0. The normalized spacial score (nSPS) is 13.0. The highest BCUT2D eigenvalue weighted by molar-refractivity contribution is 7.00. The summed E-state index contributed by atoms with van der Waals surface area (Å²) < 4.78 is 2.37. The topological polar surface area (TPSA) is 24.3 Å². The number of aryl methyl sites for hydroxylation is 1. The van der Waals surface area contributed by atoms with Gasteiger partial charge >= 0.3 is 0 Å². The van der Waals surface area contributed by atoms with E-state index in [1.165, 1.54) is 77.2 Å². The van der Waals surface area contributed by atoms with E-state index in [2.05, 4.69) is 200 Å². The zero-order valence-electron chi connectivity index (χ0n) is 31.1. The second-order valence-corrected chi connectivity index (χ2v) is 19.6. The van der Waals surface area contributed by atoms with Crippen LogP contribution in [-0.4, -0.2) is 24.3 Å². The quantitative estimate of drug-likeness (QED) is 0.154. The van der Waals surface area contributed by atoms with E-state index in [0.717, 1.165) is 12.5 Å². The largest absolute Gasteiger partial charge is 0.321 e. The van der Waals surface area contributed by atoms with Gasteiger partial charge in [-0.3, -0.25) is 4.57 Å². The third kappa shape index (κ3) is 5.55. The monoisotopic (exact) mass is 704 g/mol. The van der Waals surface area contributed by atoms with Gasteiger partial charge in [0.2, 0.25) is 0 Å². The predicted molar refractivity (Wildman–Crippen MR) is 228 cm³/mol. The van der Waals surface area contributed by atoms with Crippen LogP contribution in [-0.2, 0) is 0 Å². The lowest BCUT2D eigenvalue weighted by Crippen LogP contribution is -2.53. The van der Waals surface area contributed by atoms with Crippen molar-refractivity contribution in [3.63, 3.8) is 0 Å². The maximum absolute atomic E-state index is 5.00. The fourth-order valence-electron chi connectivity index (χ4n) is 8.31. The van der Waals surface area contributed by atoms with E-state index in [0.29, 0.717) is 5.92 Å². The Hall–Kier alpha value is -5.91. The fourth-order valence-corrected chi connectivity index (χ4v) is 10.7. The lowest BCUT2D eigenvalue weighted by atomic mass is 9.93. The first-order chi connectivity index (χ1) is 25.8. The lowest BCUT2D eigenvalue weighted by molar-refractivity contribution is 0.869. The third-order valence-corrected chi connectivity index (χ3v) is 14.8. The third-order valence-electron chi connectivity index (χ3n) is 11.3. The smallest absolute Gasteiger partial charge is 0.138 e. The molecule has 0 spiro atoms. The maximum Gasteiger partial charge on any atom is 0.138 e. The molecule has 3 heterocycles. The van der Waals surface area contributed by atoms with E-state index in [9.17, 15) is 0 Å². The Morgan fingerprint density at radius 2 is 1.26 bits per heavy atom. The number of anilines is 4. The van der Waals surface area contributed by atoms with Gasteiger partial charge in [-0.1, -0.05) is 134 Å². The number of hydrogen-bond donors (Lipinski definition) is 0. The lowest BCUT2D eigenvalue weighted by Gasteiger charge is -2.27. The minimum atomic E-state index is -2.17. The predicted octanol–water partition coefficient (Wildman–Crippen LogP) is 11.3. The summed E-state index contributed by atoms with van der Waals surface area (Å²) in [6.45, 7) is 12.5. The SMILES string of the molecule is Cc1ccccc1N1CN(c2cccc([Si](C)(C)c3ccc4c5ccccc5n(-c5cc(-c6ccccc6C(C)C)ccn5)c4c3)c2)c2ccccc21. The van der Waals surface area contributed by atoms with E-state index in [-0.39, 0.29) is 0 Å². The van der Waals surface area contributed by atoms with Gasteiger partial charge in [0, 0.05) is 28.3 Å². The molecule has 0 aliphatic carbocycles. The van der Waals surface area contributed by atoms with Crippen LogP contribution in [0.4, 0.5) is 22.7 Å². The maximum atomic E-state index is 5.00. The molecule has 0 fully saturated rings. The van der Waals surface area contributed by atoms with Crippen molar-refractivity contribution in [1.82, 2.24) is 9.55 Å². The van der Waals surface area contributed by atoms with Crippen molar-refractivity contribution in [2.45, 2.75) is 39.8 Å². The van der Waals surface area contributed by atoms with Crippen molar-refractivity contribution in [2.75, 3.05) is 16.5 Å². The van der Waals surface area contributed by atoms with Crippen LogP contribution in [0.15, 0.2) is 158 Å². The fraction of sp³-hybridized carbons (Fsp3) is 0.146. The van der Waals surface area contributed by atoms with E-state index in [1.54, 1.807) is 0 Å². The summed E-state index contributed by atoms with van der Waals surface area (Å²) in [6.07, 6.45) is 1.97. The molecule has 0 radical (unpaired) electrons. The second-order valence-electron chi connectivity index (χ2n) is 15.2. The highest BCUT2D eigenvalue weighted by Gasteiger charge is 2.31. The van der Waals surface area contributed by atoms with E-state index in [1.807, 2.05) is 6.20 Å². The van der Waals surface area contributed by atoms with Gasteiger partial charge in [-0.05, 0) is 89.7 Å². The van der Waals surface area contributed by atoms with Crippen molar-refractivity contribution in [2.24, 2.45) is 0 Å². The van der Waals surface area contributed by atoms with Crippen molar-refractivity contribution in [1.29, 1.82) is 0 Å². The highest BCUT2D eigenvalue weighted by atomic mass is 28.3. The Labute approximate surface area is 313 Å². The Balaban J connectivity index is 1.13. The molecule has 53 heavy (non-hydrogen) atoms. The molecule has 0 N–H and O–H groups in total. The zero-order valence-corrected chi connectivity index (χ0v) is 32.1. The summed E-state index contributed by atoms with van der Waals surface area (Å²) in [5.74, 6) is 1.37. The number of pyridine rings is 1. The van der Waals surface area contributed by atoms with Crippen LogP contribution in [0, 0.1) is 6.92 Å². The van der Waals surface area contributed by atoms with Crippen LogP contribution in [0.3, 0.4) is 0 Å². The minimum Gasteiger partial charge on any atom is -0.321 e. The second kappa shape index (κ2) is 12.9. The highest BCUT2D eigenvalue weighted by Crippen LogP contribution is 2.44. The molecule has 1 aliphatic heterocycles. The Morgan fingerprint density at radius 3 is 2.08 bits per heavy atom. The van der Waals surface area contributed by atoms with Gasteiger partial charge in [0.05, 0.1) is 22.4 Å². The molecule has 0 saturated carbocycles. The molecule has 0 unspecified atom stereocenters. The molecule has 8 aromatic rings. The molecule has 2 aromatic heterocycles. The first-order valence-electron chi connectivity index (χ1n) is 18.7. The molecule has 260 valence electrons. The average molecular weight is 705 g/mol. The number of nitrogens with zero attached hydrogens (tertiary/aromatic N) is 4. The molecule has 0 atom stereocenters. The molecule has 0 amide bonds. The van der Waals surface area contributed by atoms with Gasteiger partial charge in [-0.15, -0.1) is 0 Å². The average Bonchev–Trinajstić information content (AvgIpc) is 3.74. The minimum absolute atomic E-state index is 0.427. The first kappa shape index (κ1) is 33.0. The molecule has 4 nitrogen and oxygen atoms in total. The summed E-state index contributed by atoms with van der Waals surface area (Å²) in [4.78, 5) is 9.91. The summed E-state index contributed by atoms with van der Waals surface area (Å²) in [5, 5.41) is 5.31. The Morgan fingerprint density at radius 1 is 0.585 bits per heavy atom. The molecular weight excluding hydrogens is 661 g/mol. The van der Waals surface area contributed by atoms with Gasteiger partial charge in [0.15, 0.2) is 0 Å². The molecule has 1 aliphatic rings. The molecule has 5 heteroatoms. The van der Waals surface area contributed by atoms with E-state index in [4.69, 9.17) is 4.98 Å². The van der Waals surface area contributed by atoms with Crippen molar-refractivity contribution >= 4 is 63.0 Å². The van der Waals surface area contributed by atoms with E-state index >= 15 is 0 Å². The van der Waals surface area contributed by atoms with Crippen LogP contribution in [0.2, 0.25) is 13.1 Å².